The van der Waals surface area contributed by atoms with Gasteiger partial charge in [0.25, 0.3) is 0 Å². The molecule has 0 unspecified atom stereocenters. The van der Waals surface area contributed by atoms with Gasteiger partial charge in [-0.2, -0.15) is 13.2 Å². The van der Waals surface area contributed by atoms with Crippen LogP contribution in [-0.2, 0) is 0 Å². The third-order valence-electron chi connectivity index (χ3n) is 5.35. The van der Waals surface area contributed by atoms with Gasteiger partial charge in [0.05, 0.1) is 29.7 Å². The maximum atomic E-state index is 12.9. The number of nitrogens with one attached hydrogen (secondary N) is 2. The van der Waals surface area contributed by atoms with Gasteiger partial charge in [-0.1, -0.05) is 19.2 Å². The van der Waals surface area contributed by atoms with Gasteiger partial charge < -0.3 is 20.4 Å². The highest BCUT2D eigenvalue weighted by atomic mass is 19.4. The Morgan fingerprint density at radius 3 is 2.79 bits per heavy atom. The number of aliphatic imine (C=N–C) groups is 1. The molecular weight excluding hydrogens is 381 g/mol. The minimum atomic E-state index is -4.36. The first kappa shape index (κ1) is 19.4. The quantitative estimate of drug-likeness (QED) is 0.790. The molecule has 29 heavy (non-hydrogen) atoms. The van der Waals surface area contributed by atoms with Crippen LogP contribution in [0.1, 0.15) is 19.0 Å². The Kier molecular flexibility index (Phi) is 4.76. The van der Waals surface area contributed by atoms with Crippen LogP contribution in [0.25, 0.3) is 5.70 Å². The Bertz CT molecular complexity index is 904. The molecule has 1 aromatic heterocycles. The molecule has 0 aromatic carbocycles. The van der Waals surface area contributed by atoms with Gasteiger partial charge >= 0.3 is 6.18 Å². The van der Waals surface area contributed by atoms with Crippen molar-refractivity contribution in [2.45, 2.75) is 31.6 Å². The Hall–Kier alpha value is -2.97. The van der Waals surface area contributed by atoms with Crippen molar-refractivity contribution in [1.29, 1.82) is 0 Å². The lowest BCUT2D eigenvalue weighted by molar-refractivity contribution is -0.148. The van der Waals surface area contributed by atoms with Gasteiger partial charge in [-0.05, 0) is 31.6 Å². The van der Waals surface area contributed by atoms with Crippen molar-refractivity contribution in [3.63, 3.8) is 0 Å². The summed E-state index contributed by atoms with van der Waals surface area (Å²) in [5.74, 6) is 2.05. The number of fused-ring (bicyclic) bond motifs is 4. The van der Waals surface area contributed by atoms with Gasteiger partial charge in [-0.3, -0.25) is 4.99 Å². The summed E-state index contributed by atoms with van der Waals surface area (Å²) in [4.78, 5) is 13.3. The van der Waals surface area contributed by atoms with E-state index < -0.39 is 12.2 Å². The molecule has 1 aromatic rings. The molecule has 1 fully saturated rings. The molecular formula is C20H23F3N6. The average molecular weight is 404 g/mol. The second-order valence-corrected chi connectivity index (χ2v) is 7.38. The van der Waals surface area contributed by atoms with E-state index >= 15 is 0 Å². The van der Waals surface area contributed by atoms with Gasteiger partial charge in [0.2, 0.25) is 0 Å². The minimum absolute atomic E-state index is 0.132. The van der Waals surface area contributed by atoms with E-state index in [2.05, 4.69) is 38.7 Å². The van der Waals surface area contributed by atoms with Crippen LogP contribution in [0.4, 0.5) is 24.7 Å². The fraction of sp³-hybridized carbons (Fsp3) is 0.400. The van der Waals surface area contributed by atoms with E-state index in [4.69, 9.17) is 0 Å². The van der Waals surface area contributed by atoms with Crippen molar-refractivity contribution in [2.75, 3.05) is 29.4 Å². The summed E-state index contributed by atoms with van der Waals surface area (Å²) in [7, 11) is 0. The molecule has 154 valence electrons. The van der Waals surface area contributed by atoms with Crippen molar-refractivity contribution >= 4 is 23.0 Å². The number of hydrogen-bond acceptors (Lipinski definition) is 6. The lowest BCUT2D eigenvalue weighted by Gasteiger charge is -2.38. The second-order valence-electron chi connectivity index (χ2n) is 7.38. The van der Waals surface area contributed by atoms with Gasteiger partial charge in [-0.15, -0.1) is 0 Å². The first-order valence-corrected chi connectivity index (χ1v) is 9.48. The molecule has 2 atom stereocenters. The van der Waals surface area contributed by atoms with Crippen molar-refractivity contribution in [3.8, 4) is 0 Å². The molecule has 2 bridgehead atoms. The molecule has 4 heterocycles. The average Bonchev–Trinajstić information content (AvgIpc) is 3.31. The van der Waals surface area contributed by atoms with Crippen LogP contribution in [0.5, 0.6) is 0 Å². The number of aromatic nitrogens is 1. The summed E-state index contributed by atoms with van der Waals surface area (Å²) in [6.45, 7) is 11.4. The third-order valence-corrected chi connectivity index (χ3v) is 5.35. The number of alkyl halides is 3. The molecule has 3 aliphatic rings. The first-order chi connectivity index (χ1) is 13.7. The SMILES string of the molecule is C=C(N[C@H](C)C(F)(F)F)c1ccc2c(n1)N(C(=C)NC1=NCC=C1)[C@H]1CCN2C1. The second kappa shape index (κ2) is 7.13. The predicted octanol–water partition coefficient (Wildman–Crippen LogP) is 3.02. The maximum Gasteiger partial charge on any atom is 0.408 e. The van der Waals surface area contributed by atoms with Crippen LogP contribution in [-0.4, -0.2) is 48.7 Å². The fourth-order valence-electron chi connectivity index (χ4n) is 3.80. The normalized spacial score (nSPS) is 21.0. The molecule has 6 nitrogen and oxygen atoms in total. The summed E-state index contributed by atoms with van der Waals surface area (Å²) in [6.07, 6.45) is 0.427. The molecule has 0 saturated carbocycles. The van der Waals surface area contributed by atoms with E-state index in [0.717, 1.165) is 38.0 Å². The van der Waals surface area contributed by atoms with E-state index in [9.17, 15) is 13.2 Å². The summed E-state index contributed by atoms with van der Waals surface area (Å²) >= 11 is 0. The molecule has 9 heteroatoms. The lowest BCUT2D eigenvalue weighted by atomic mass is 10.1. The number of hydrogen-bond donors (Lipinski definition) is 2. The zero-order chi connectivity index (χ0) is 20.8. The Labute approximate surface area is 167 Å². The summed E-state index contributed by atoms with van der Waals surface area (Å²) in [5.41, 5.74) is 1.44. The standard InChI is InChI=1S/C20H23F3N6/c1-12(25-13(2)20(21,22)23)16-6-7-17-19(27-16)29(15-8-10-28(17)11-15)14(3)26-18-5-4-9-24-18/h4-7,13,15,25H,1,3,8-11H2,2H3,(H,24,26)/t13-,15+/m1/s1. The van der Waals surface area contributed by atoms with E-state index in [1.807, 2.05) is 23.1 Å². The van der Waals surface area contributed by atoms with Crippen LogP contribution >= 0.6 is 0 Å². The summed E-state index contributed by atoms with van der Waals surface area (Å²) in [6, 6.07) is 2.06. The Morgan fingerprint density at radius 1 is 1.31 bits per heavy atom. The molecule has 3 aliphatic heterocycles. The zero-order valence-electron chi connectivity index (χ0n) is 16.1. The molecule has 0 amide bonds. The number of rotatable bonds is 5. The van der Waals surface area contributed by atoms with Crippen LogP contribution in [0.15, 0.2) is 48.3 Å². The van der Waals surface area contributed by atoms with Crippen LogP contribution in [0.2, 0.25) is 0 Å². The Balaban J connectivity index is 1.62. The minimum Gasteiger partial charge on any atom is -0.373 e. The highest BCUT2D eigenvalue weighted by molar-refractivity contribution is 5.96. The number of halogens is 3. The first-order valence-electron chi connectivity index (χ1n) is 9.48. The topological polar surface area (TPSA) is 55.8 Å². The van der Waals surface area contributed by atoms with Gasteiger partial charge in [0.1, 0.15) is 17.7 Å². The monoisotopic (exact) mass is 404 g/mol. The van der Waals surface area contributed by atoms with Crippen molar-refractivity contribution in [2.24, 2.45) is 4.99 Å². The molecule has 1 saturated heterocycles. The fourth-order valence-corrected chi connectivity index (χ4v) is 3.80. The van der Waals surface area contributed by atoms with E-state index in [-0.39, 0.29) is 11.7 Å². The number of pyridine rings is 1. The molecule has 0 spiro atoms. The zero-order valence-corrected chi connectivity index (χ0v) is 16.1. The number of amidine groups is 1. The highest BCUT2D eigenvalue weighted by Crippen LogP contribution is 2.40. The molecule has 2 N–H and O–H groups in total. The smallest absolute Gasteiger partial charge is 0.373 e. The molecule has 0 radical (unpaired) electrons. The summed E-state index contributed by atoms with van der Waals surface area (Å²) < 4.78 is 38.7. The maximum absolute atomic E-state index is 12.9. The number of anilines is 2. The van der Waals surface area contributed by atoms with Crippen molar-refractivity contribution in [3.05, 3.63) is 49.0 Å². The number of nitrogens with zero attached hydrogens (tertiary/aromatic N) is 4. The van der Waals surface area contributed by atoms with E-state index in [0.29, 0.717) is 23.9 Å². The molecule has 4 rings (SSSR count). The summed E-state index contributed by atoms with van der Waals surface area (Å²) in [5, 5.41) is 5.63. The van der Waals surface area contributed by atoms with E-state index in [1.54, 1.807) is 6.07 Å². The third kappa shape index (κ3) is 3.68. The van der Waals surface area contributed by atoms with Gasteiger partial charge in [-0.25, -0.2) is 4.98 Å². The van der Waals surface area contributed by atoms with Gasteiger partial charge in [0, 0.05) is 13.1 Å². The van der Waals surface area contributed by atoms with Crippen molar-refractivity contribution in [1.82, 2.24) is 15.6 Å². The van der Waals surface area contributed by atoms with E-state index in [1.165, 1.54) is 0 Å². The van der Waals surface area contributed by atoms with Crippen molar-refractivity contribution < 1.29 is 13.2 Å². The van der Waals surface area contributed by atoms with Crippen LogP contribution in [0.3, 0.4) is 0 Å². The Morgan fingerprint density at radius 2 is 2.10 bits per heavy atom. The highest BCUT2D eigenvalue weighted by Gasteiger charge is 2.39. The van der Waals surface area contributed by atoms with Crippen LogP contribution in [0, 0.1) is 0 Å². The largest absolute Gasteiger partial charge is 0.408 e. The molecule has 0 aliphatic carbocycles. The van der Waals surface area contributed by atoms with Gasteiger partial charge in [0.15, 0.2) is 5.82 Å². The predicted molar refractivity (Wildman–Crippen MR) is 109 cm³/mol. The lowest BCUT2D eigenvalue weighted by Crippen LogP contribution is -2.46. The van der Waals surface area contributed by atoms with Crippen LogP contribution < -0.4 is 20.4 Å².